The Kier molecular flexibility index (Phi) is 6.69. The number of benzene rings is 1. The van der Waals surface area contributed by atoms with Crippen LogP contribution in [0.1, 0.15) is 36.2 Å². The molecule has 12 heteroatoms. The number of H-pyrrole nitrogens is 1. The number of halogens is 1. The van der Waals surface area contributed by atoms with Gasteiger partial charge in [-0.2, -0.15) is 14.6 Å². The van der Waals surface area contributed by atoms with Gasteiger partial charge in [0.2, 0.25) is 5.95 Å². The first-order chi connectivity index (χ1) is 20.4. The molecule has 1 aliphatic carbocycles. The Balaban J connectivity index is 1.21. The van der Waals surface area contributed by atoms with Gasteiger partial charge in [-0.3, -0.25) is 4.98 Å². The molecule has 0 bridgehead atoms. The van der Waals surface area contributed by atoms with E-state index in [1.165, 1.54) is 22.7 Å². The number of urea groups is 1. The summed E-state index contributed by atoms with van der Waals surface area (Å²) in [5.74, 6) is 0.377. The topological polar surface area (TPSA) is 119 Å². The van der Waals surface area contributed by atoms with E-state index in [9.17, 15) is 9.18 Å². The van der Waals surface area contributed by atoms with Crippen molar-refractivity contribution in [2.45, 2.75) is 38.3 Å². The Labute approximate surface area is 242 Å². The molecule has 2 amide bonds. The highest BCUT2D eigenvalue weighted by molar-refractivity contribution is 5.85. The number of aromatic amines is 1. The lowest BCUT2D eigenvalue weighted by molar-refractivity contribution is 0.152. The zero-order valence-electron chi connectivity index (χ0n) is 23.6. The number of rotatable bonds is 5. The molecule has 7 rings (SSSR count). The van der Waals surface area contributed by atoms with Crippen molar-refractivity contribution in [2.24, 2.45) is 0 Å². The Morgan fingerprint density at radius 2 is 1.95 bits per heavy atom. The van der Waals surface area contributed by atoms with E-state index in [1.807, 2.05) is 17.9 Å². The van der Waals surface area contributed by atoms with Gasteiger partial charge in [-0.05, 0) is 50.9 Å². The van der Waals surface area contributed by atoms with Gasteiger partial charge in [0, 0.05) is 66.1 Å². The van der Waals surface area contributed by atoms with Crippen LogP contribution < -0.4 is 10.6 Å². The van der Waals surface area contributed by atoms with E-state index in [-0.39, 0.29) is 18.1 Å². The standard InChI is InChI=1S/C30H33FN10O/c1-18(34-30(42)40-11-9-39(2)10-12-40)24-17-33-41-28(24)37-27(19-13-20(31)16-32-15-19)38-29(41)35-21-7-8-26-23(14-21)22-5-3-4-6-25(22)36-26/h3-6,13,15-18,21,36H,7-12,14H2,1-2H3,(H,34,42)(H,35,37,38)/t18-,21-/m1/s1. The molecule has 3 N–H and O–H groups in total. The minimum absolute atomic E-state index is 0.107. The SMILES string of the molecule is C[C@@H](NC(=O)N1CCN(C)CC1)c1cnn2c(N[C@@H]3CCc4[nH]c5ccccc5c4C3)nc(-c3cncc(F)c3)nc12. The van der Waals surface area contributed by atoms with Crippen molar-refractivity contribution in [1.29, 1.82) is 0 Å². The number of nitrogens with zero attached hydrogens (tertiary/aromatic N) is 7. The van der Waals surface area contributed by atoms with E-state index in [0.717, 1.165) is 49.6 Å². The van der Waals surface area contributed by atoms with Crippen molar-refractivity contribution >= 4 is 28.5 Å². The van der Waals surface area contributed by atoms with Crippen LogP contribution in [0.15, 0.2) is 48.9 Å². The highest BCUT2D eigenvalue weighted by Crippen LogP contribution is 2.31. The van der Waals surface area contributed by atoms with Gasteiger partial charge in [0.05, 0.1) is 18.4 Å². The van der Waals surface area contributed by atoms with Crippen LogP contribution in [0, 0.1) is 5.82 Å². The highest BCUT2D eigenvalue weighted by atomic mass is 19.1. The Bertz CT molecular complexity index is 1770. The molecule has 1 aliphatic heterocycles. The normalized spacial score (nSPS) is 18.3. The molecule has 1 fully saturated rings. The summed E-state index contributed by atoms with van der Waals surface area (Å²) < 4.78 is 15.8. The molecule has 4 aromatic heterocycles. The number of hydrogen-bond donors (Lipinski definition) is 3. The van der Waals surface area contributed by atoms with Crippen LogP contribution in [-0.4, -0.2) is 84.6 Å². The third-order valence-electron chi connectivity index (χ3n) is 8.38. The average molecular weight is 569 g/mol. The van der Waals surface area contributed by atoms with Gasteiger partial charge in [0.1, 0.15) is 5.82 Å². The lowest BCUT2D eigenvalue weighted by Crippen LogP contribution is -2.51. The molecule has 216 valence electrons. The number of para-hydroxylation sites is 1. The lowest BCUT2D eigenvalue weighted by Gasteiger charge is -2.33. The van der Waals surface area contributed by atoms with Crippen LogP contribution in [-0.2, 0) is 12.8 Å². The first kappa shape index (κ1) is 26.3. The van der Waals surface area contributed by atoms with Gasteiger partial charge in [0.25, 0.3) is 0 Å². The molecule has 0 spiro atoms. The van der Waals surface area contributed by atoms with Crippen LogP contribution in [0.5, 0.6) is 0 Å². The van der Waals surface area contributed by atoms with Crippen LogP contribution >= 0.6 is 0 Å². The van der Waals surface area contributed by atoms with Crippen molar-refractivity contribution in [3.05, 3.63) is 71.6 Å². The Hall–Kier alpha value is -4.58. The molecular formula is C30H33FN10O. The number of aromatic nitrogens is 6. The molecule has 42 heavy (non-hydrogen) atoms. The fraction of sp³-hybridized carbons (Fsp3) is 0.367. The van der Waals surface area contributed by atoms with Crippen molar-refractivity contribution in [1.82, 2.24) is 44.7 Å². The maximum Gasteiger partial charge on any atom is 0.317 e. The number of fused-ring (bicyclic) bond motifs is 4. The summed E-state index contributed by atoms with van der Waals surface area (Å²) in [4.78, 5) is 34.2. The summed E-state index contributed by atoms with van der Waals surface area (Å²) in [6.45, 7) is 4.95. The van der Waals surface area contributed by atoms with E-state index in [4.69, 9.17) is 9.97 Å². The molecule has 1 saturated heterocycles. The van der Waals surface area contributed by atoms with Gasteiger partial charge in [-0.15, -0.1) is 0 Å². The molecule has 2 aliphatic rings. The number of carbonyl (C=O) groups excluding carboxylic acids is 1. The number of anilines is 1. The zero-order chi connectivity index (χ0) is 28.8. The van der Waals surface area contributed by atoms with Crippen LogP contribution in [0.4, 0.5) is 15.1 Å². The predicted molar refractivity (Wildman–Crippen MR) is 158 cm³/mol. The summed E-state index contributed by atoms with van der Waals surface area (Å²) in [6, 6.07) is 9.38. The average Bonchev–Trinajstić information content (AvgIpc) is 3.59. The van der Waals surface area contributed by atoms with Gasteiger partial charge in [-0.1, -0.05) is 18.2 Å². The molecule has 2 atom stereocenters. The Morgan fingerprint density at radius 1 is 1.12 bits per heavy atom. The number of carbonyl (C=O) groups is 1. The van der Waals surface area contributed by atoms with Gasteiger partial charge in [-0.25, -0.2) is 14.2 Å². The van der Waals surface area contributed by atoms with E-state index in [2.05, 4.69) is 55.8 Å². The molecule has 0 saturated carbocycles. The van der Waals surface area contributed by atoms with E-state index >= 15 is 0 Å². The molecule has 0 unspecified atom stereocenters. The number of hydrogen-bond acceptors (Lipinski definition) is 7. The molecule has 1 aromatic carbocycles. The van der Waals surface area contributed by atoms with Crippen molar-refractivity contribution in [3.63, 3.8) is 0 Å². The number of pyridine rings is 1. The van der Waals surface area contributed by atoms with Crippen molar-refractivity contribution in [2.75, 3.05) is 38.5 Å². The van der Waals surface area contributed by atoms with Crippen molar-refractivity contribution < 1.29 is 9.18 Å². The second kappa shape index (κ2) is 10.7. The van der Waals surface area contributed by atoms with Gasteiger partial charge in [0.15, 0.2) is 11.5 Å². The summed E-state index contributed by atoms with van der Waals surface area (Å²) in [6.07, 6.45) is 7.07. The van der Waals surface area contributed by atoms with E-state index in [0.29, 0.717) is 36.1 Å². The molecule has 5 aromatic rings. The minimum Gasteiger partial charge on any atom is -0.358 e. The number of nitrogens with one attached hydrogen (secondary N) is 3. The number of piperazine rings is 1. The van der Waals surface area contributed by atoms with Crippen LogP contribution in [0.2, 0.25) is 0 Å². The Morgan fingerprint density at radius 3 is 2.79 bits per heavy atom. The van der Waals surface area contributed by atoms with Crippen LogP contribution in [0.3, 0.4) is 0 Å². The maximum absolute atomic E-state index is 14.2. The first-order valence-electron chi connectivity index (χ1n) is 14.4. The fourth-order valence-corrected chi connectivity index (χ4v) is 6.00. The number of likely N-dealkylation sites (N-methyl/N-ethyl adjacent to an activating group) is 1. The smallest absolute Gasteiger partial charge is 0.317 e. The largest absolute Gasteiger partial charge is 0.358 e. The third-order valence-corrected chi connectivity index (χ3v) is 8.38. The fourth-order valence-electron chi connectivity index (χ4n) is 6.00. The van der Waals surface area contributed by atoms with Gasteiger partial charge < -0.3 is 25.4 Å². The van der Waals surface area contributed by atoms with E-state index in [1.54, 1.807) is 16.9 Å². The minimum atomic E-state index is -0.467. The molecular weight excluding hydrogens is 535 g/mol. The predicted octanol–water partition coefficient (Wildman–Crippen LogP) is 3.79. The molecule has 11 nitrogen and oxygen atoms in total. The summed E-state index contributed by atoms with van der Waals surface area (Å²) in [5, 5.41) is 12.6. The monoisotopic (exact) mass is 568 g/mol. The number of aryl methyl sites for hydroxylation is 1. The highest BCUT2D eigenvalue weighted by Gasteiger charge is 2.26. The quantitative estimate of drug-likeness (QED) is 0.295. The molecule has 0 radical (unpaired) electrons. The summed E-state index contributed by atoms with van der Waals surface area (Å²) >= 11 is 0. The lowest BCUT2D eigenvalue weighted by atomic mass is 9.91. The van der Waals surface area contributed by atoms with Crippen LogP contribution in [0.25, 0.3) is 27.9 Å². The summed E-state index contributed by atoms with van der Waals surface area (Å²) in [7, 11) is 2.06. The van der Waals surface area contributed by atoms with Crippen molar-refractivity contribution in [3.8, 4) is 11.4 Å². The van der Waals surface area contributed by atoms with E-state index < -0.39 is 5.82 Å². The van der Waals surface area contributed by atoms with Gasteiger partial charge >= 0.3 is 6.03 Å². The zero-order valence-corrected chi connectivity index (χ0v) is 23.6. The maximum atomic E-state index is 14.2. The third kappa shape index (κ3) is 4.91. The number of amides is 2. The molecule has 5 heterocycles. The second-order valence-electron chi connectivity index (χ2n) is 11.3. The first-order valence-corrected chi connectivity index (χ1v) is 14.4. The summed E-state index contributed by atoms with van der Waals surface area (Å²) in [5.41, 5.74) is 5.50. The second-order valence-corrected chi connectivity index (χ2v) is 11.3.